The lowest BCUT2D eigenvalue weighted by atomic mass is 9.95. The molecule has 0 aromatic carbocycles. The van der Waals surface area contributed by atoms with E-state index in [9.17, 15) is 9.59 Å². The summed E-state index contributed by atoms with van der Waals surface area (Å²) in [6, 6.07) is 0.312. The van der Waals surface area contributed by atoms with Crippen LogP contribution < -0.4 is 11.0 Å². The minimum Gasteiger partial charge on any atom is -0.396 e. The maximum absolute atomic E-state index is 12.3. The largest absolute Gasteiger partial charge is 0.396 e. The molecule has 0 unspecified atom stereocenters. The number of carbonyl (C=O) groups is 1. The normalized spacial score (nSPS) is 17.5. The SMILES string of the molecule is O=C(CSc1nc(=O)n(CCCO)c2c1CCC2)NC1CCCCC1. The van der Waals surface area contributed by atoms with Crippen LogP contribution in [0.3, 0.4) is 0 Å². The number of nitrogens with zero attached hydrogens (tertiary/aromatic N) is 2. The van der Waals surface area contributed by atoms with Gasteiger partial charge in [-0.05, 0) is 38.5 Å². The number of carbonyl (C=O) groups excluding carboxylic acids is 1. The van der Waals surface area contributed by atoms with E-state index >= 15 is 0 Å². The Hall–Kier alpha value is -1.34. The van der Waals surface area contributed by atoms with Gasteiger partial charge in [0.2, 0.25) is 5.91 Å². The lowest BCUT2D eigenvalue weighted by Crippen LogP contribution is -2.37. The molecule has 138 valence electrons. The highest BCUT2D eigenvalue weighted by atomic mass is 32.2. The Labute approximate surface area is 152 Å². The van der Waals surface area contributed by atoms with E-state index in [1.165, 1.54) is 31.0 Å². The van der Waals surface area contributed by atoms with Gasteiger partial charge in [0.1, 0.15) is 5.03 Å². The maximum Gasteiger partial charge on any atom is 0.348 e. The van der Waals surface area contributed by atoms with E-state index in [-0.39, 0.29) is 18.2 Å². The van der Waals surface area contributed by atoms with E-state index < -0.39 is 0 Å². The van der Waals surface area contributed by atoms with Gasteiger partial charge in [-0.3, -0.25) is 9.36 Å². The zero-order valence-corrected chi connectivity index (χ0v) is 15.4. The molecule has 6 nitrogen and oxygen atoms in total. The monoisotopic (exact) mass is 365 g/mol. The van der Waals surface area contributed by atoms with Crippen LogP contribution >= 0.6 is 11.8 Å². The highest BCUT2D eigenvalue weighted by Gasteiger charge is 2.23. The molecule has 2 N–H and O–H groups in total. The fraction of sp³-hybridized carbons (Fsp3) is 0.722. The number of aromatic nitrogens is 2. The summed E-state index contributed by atoms with van der Waals surface area (Å²) in [5.41, 5.74) is 1.90. The van der Waals surface area contributed by atoms with Crippen LogP contribution in [-0.2, 0) is 24.2 Å². The Kier molecular flexibility index (Phi) is 6.53. The third kappa shape index (κ3) is 4.64. The van der Waals surface area contributed by atoms with Crippen LogP contribution in [-0.4, -0.2) is 39.0 Å². The number of nitrogens with one attached hydrogen (secondary N) is 1. The number of rotatable bonds is 7. The molecule has 0 bridgehead atoms. The molecule has 1 aromatic rings. The van der Waals surface area contributed by atoms with Crippen LogP contribution in [0.5, 0.6) is 0 Å². The fourth-order valence-electron chi connectivity index (χ4n) is 3.82. The third-order valence-electron chi connectivity index (χ3n) is 5.05. The van der Waals surface area contributed by atoms with Crippen molar-refractivity contribution in [3.63, 3.8) is 0 Å². The van der Waals surface area contributed by atoms with Gasteiger partial charge in [0.15, 0.2) is 0 Å². The van der Waals surface area contributed by atoms with Crippen LogP contribution in [0.2, 0.25) is 0 Å². The van der Waals surface area contributed by atoms with Crippen LogP contribution in [0.4, 0.5) is 0 Å². The Morgan fingerprint density at radius 1 is 1.24 bits per heavy atom. The minimum atomic E-state index is -0.260. The maximum atomic E-state index is 12.3. The number of thioether (sulfide) groups is 1. The molecule has 0 aliphatic heterocycles. The van der Waals surface area contributed by atoms with Gasteiger partial charge in [-0.25, -0.2) is 4.79 Å². The van der Waals surface area contributed by atoms with Gasteiger partial charge in [-0.15, -0.1) is 0 Å². The lowest BCUT2D eigenvalue weighted by Gasteiger charge is -2.22. The van der Waals surface area contributed by atoms with Crippen molar-refractivity contribution in [2.75, 3.05) is 12.4 Å². The van der Waals surface area contributed by atoms with Gasteiger partial charge in [0.05, 0.1) is 5.75 Å². The third-order valence-corrected chi connectivity index (χ3v) is 6.07. The standard InChI is InChI=1S/C18H27N3O3S/c22-11-5-10-21-15-9-4-8-14(15)17(20-18(21)24)25-12-16(23)19-13-6-2-1-3-7-13/h13,22H,1-12H2,(H,19,23). The highest BCUT2D eigenvalue weighted by Crippen LogP contribution is 2.29. The second kappa shape index (κ2) is 8.85. The predicted octanol–water partition coefficient (Wildman–Crippen LogP) is 1.66. The molecule has 2 aliphatic rings. The van der Waals surface area contributed by atoms with Crippen LogP contribution in [0.15, 0.2) is 9.82 Å². The first-order valence-electron chi connectivity index (χ1n) is 9.34. The zero-order chi connectivity index (χ0) is 17.6. The van der Waals surface area contributed by atoms with Crippen molar-refractivity contribution in [2.45, 2.75) is 75.4 Å². The predicted molar refractivity (Wildman–Crippen MR) is 98.0 cm³/mol. The first-order chi connectivity index (χ1) is 12.2. The van der Waals surface area contributed by atoms with E-state index in [0.717, 1.165) is 48.4 Å². The molecule has 0 spiro atoms. The molecule has 0 radical (unpaired) electrons. The molecule has 1 amide bonds. The minimum absolute atomic E-state index is 0.0370. The van der Waals surface area contributed by atoms with Crippen molar-refractivity contribution < 1.29 is 9.90 Å². The summed E-state index contributed by atoms with van der Waals surface area (Å²) in [4.78, 5) is 28.8. The van der Waals surface area contributed by atoms with Gasteiger partial charge in [0, 0.05) is 30.5 Å². The Balaban J connectivity index is 1.64. The Bertz CT molecular complexity index is 668. The second-order valence-electron chi connectivity index (χ2n) is 6.90. The van der Waals surface area contributed by atoms with Gasteiger partial charge >= 0.3 is 5.69 Å². The summed E-state index contributed by atoms with van der Waals surface area (Å²) in [7, 11) is 0. The molecule has 0 atom stereocenters. The lowest BCUT2D eigenvalue weighted by molar-refractivity contribution is -0.119. The summed E-state index contributed by atoms with van der Waals surface area (Å²) < 4.78 is 1.70. The van der Waals surface area contributed by atoms with Crippen molar-refractivity contribution in [2.24, 2.45) is 0 Å². The van der Waals surface area contributed by atoms with Crippen molar-refractivity contribution in [1.29, 1.82) is 0 Å². The fourth-order valence-corrected chi connectivity index (χ4v) is 4.70. The summed E-state index contributed by atoms with van der Waals surface area (Å²) in [6.45, 7) is 0.580. The number of hydrogen-bond donors (Lipinski definition) is 2. The molecule has 0 saturated heterocycles. The molecular weight excluding hydrogens is 338 g/mol. The molecule has 1 aromatic heterocycles. The van der Waals surface area contributed by atoms with Crippen LogP contribution in [0.1, 0.15) is 56.2 Å². The van der Waals surface area contributed by atoms with Gasteiger partial charge in [-0.2, -0.15) is 4.98 Å². The summed E-state index contributed by atoms with van der Waals surface area (Å²) in [6.07, 6.45) is 9.17. The van der Waals surface area contributed by atoms with E-state index in [2.05, 4.69) is 10.3 Å². The number of hydrogen-bond acceptors (Lipinski definition) is 5. The van der Waals surface area contributed by atoms with Crippen LogP contribution in [0.25, 0.3) is 0 Å². The van der Waals surface area contributed by atoms with Crippen molar-refractivity contribution in [1.82, 2.24) is 14.9 Å². The topological polar surface area (TPSA) is 84.2 Å². The van der Waals surface area contributed by atoms with Gasteiger partial charge in [0.25, 0.3) is 0 Å². The molecule has 1 saturated carbocycles. The van der Waals surface area contributed by atoms with Crippen molar-refractivity contribution >= 4 is 17.7 Å². The van der Waals surface area contributed by atoms with E-state index in [0.29, 0.717) is 24.8 Å². The Morgan fingerprint density at radius 2 is 2.04 bits per heavy atom. The zero-order valence-electron chi connectivity index (χ0n) is 14.6. The molecule has 7 heteroatoms. The van der Waals surface area contributed by atoms with E-state index in [4.69, 9.17) is 5.11 Å². The summed E-state index contributed by atoms with van der Waals surface area (Å²) >= 11 is 1.38. The smallest absolute Gasteiger partial charge is 0.348 e. The van der Waals surface area contributed by atoms with Gasteiger partial charge < -0.3 is 10.4 Å². The molecule has 2 aliphatic carbocycles. The van der Waals surface area contributed by atoms with Crippen molar-refractivity contribution in [3.05, 3.63) is 21.7 Å². The molecule has 3 rings (SSSR count). The van der Waals surface area contributed by atoms with Crippen LogP contribution in [0, 0.1) is 0 Å². The first-order valence-corrected chi connectivity index (χ1v) is 10.3. The molecule has 25 heavy (non-hydrogen) atoms. The van der Waals surface area contributed by atoms with Gasteiger partial charge in [-0.1, -0.05) is 31.0 Å². The molecule has 1 fully saturated rings. The summed E-state index contributed by atoms with van der Waals surface area (Å²) in [5.74, 6) is 0.352. The number of aliphatic hydroxyl groups is 1. The average Bonchev–Trinajstić information content (AvgIpc) is 3.10. The quantitative estimate of drug-likeness (QED) is 0.567. The number of fused-ring (bicyclic) bond motifs is 1. The second-order valence-corrected chi connectivity index (χ2v) is 7.86. The first kappa shape index (κ1) is 18.5. The Morgan fingerprint density at radius 3 is 2.80 bits per heavy atom. The molecular formula is C18H27N3O3S. The average molecular weight is 365 g/mol. The van der Waals surface area contributed by atoms with E-state index in [1.807, 2.05) is 0 Å². The van der Waals surface area contributed by atoms with Crippen molar-refractivity contribution in [3.8, 4) is 0 Å². The number of aliphatic hydroxyl groups excluding tert-OH is 1. The number of amides is 1. The summed E-state index contributed by atoms with van der Waals surface area (Å²) in [5, 5.41) is 12.8. The van der Waals surface area contributed by atoms with E-state index in [1.54, 1.807) is 4.57 Å². The molecule has 1 heterocycles. The highest BCUT2D eigenvalue weighted by molar-refractivity contribution is 7.99.